The second-order valence-corrected chi connectivity index (χ2v) is 11.4. The van der Waals surface area contributed by atoms with Crippen LogP contribution in [0.5, 0.6) is 0 Å². The number of hydrogen-bond donors (Lipinski definition) is 0. The number of sulfonamides is 1. The lowest BCUT2D eigenvalue weighted by atomic mass is 9.96. The van der Waals surface area contributed by atoms with Crippen molar-refractivity contribution in [2.75, 3.05) is 16.3 Å². The van der Waals surface area contributed by atoms with Gasteiger partial charge in [0.2, 0.25) is 0 Å². The number of benzene rings is 4. The average Bonchev–Trinajstić information content (AvgIpc) is 3.07. The molecule has 0 fully saturated rings. The van der Waals surface area contributed by atoms with Crippen molar-refractivity contribution in [2.45, 2.75) is 30.8 Å². The van der Waals surface area contributed by atoms with E-state index in [0.29, 0.717) is 11.3 Å². The molecule has 0 bridgehead atoms. The minimum Gasteiger partial charge on any atom is -0.467 e. The van der Waals surface area contributed by atoms with Crippen LogP contribution in [-0.4, -0.2) is 33.4 Å². The van der Waals surface area contributed by atoms with Crippen molar-refractivity contribution in [3.05, 3.63) is 125 Å². The van der Waals surface area contributed by atoms with E-state index in [4.69, 9.17) is 4.74 Å². The molecule has 7 nitrogen and oxygen atoms in total. The van der Waals surface area contributed by atoms with E-state index in [1.54, 1.807) is 36.4 Å². The van der Waals surface area contributed by atoms with Crippen molar-refractivity contribution in [3.8, 4) is 0 Å². The predicted molar refractivity (Wildman–Crippen MR) is 150 cm³/mol. The minimum absolute atomic E-state index is 0.0326. The van der Waals surface area contributed by atoms with Crippen LogP contribution in [0.25, 0.3) is 0 Å². The predicted octanol–water partition coefficient (Wildman–Crippen LogP) is 5.58. The van der Waals surface area contributed by atoms with Gasteiger partial charge in [-0.3, -0.25) is 9.69 Å². The molecule has 0 spiro atoms. The lowest BCUT2D eigenvalue weighted by Crippen LogP contribution is -2.53. The highest BCUT2D eigenvalue weighted by Crippen LogP contribution is 2.43. The Hall–Kier alpha value is -4.50. The van der Waals surface area contributed by atoms with E-state index >= 15 is 0 Å². The summed E-state index contributed by atoms with van der Waals surface area (Å²) in [6, 6.07) is 22.1. The topological polar surface area (TPSA) is 84.0 Å². The molecular formula is C31H27FN2O5S. The first-order valence-corrected chi connectivity index (χ1v) is 14.0. The van der Waals surface area contributed by atoms with Crippen LogP contribution in [-0.2, 0) is 19.6 Å². The van der Waals surface area contributed by atoms with Gasteiger partial charge < -0.3 is 4.74 Å². The van der Waals surface area contributed by atoms with Gasteiger partial charge in [0, 0.05) is 5.69 Å². The van der Waals surface area contributed by atoms with Gasteiger partial charge in [-0.05, 0) is 67.9 Å². The Bertz CT molecular complexity index is 1670. The molecule has 1 aliphatic rings. The highest BCUT2D eigenvalue weighted by atomic mass is 32.2. The van der Waals surface area contributed by atoms with Gasteiger partial charge in [0.15, 0.2) is 6.04 Å². The summed E-state index contributed by atoms with van der Waals surface area (Å²) >= 11 is 0. The molecule has 4 aromatic rings. The molecule has 0 aromatic heterocycles. The smallest absolute Gasteiger partial charge is 0.332 e. The van der Waals surface area contributed by atoms with Gasteiger partial charge in [0.05, 0.1) is 29.3 Å². The fraction of sp³-hybridized carbons (Fsp3) is 0.161. The number of esters is 1. The largest absolute Gasteiger partial charge is 0.467 e. The summed E-state index contributed by atoms with van der Waals surface area (Å²) in [4.78, 5) is 29.4. The molecule has 4 aromatic carbocycles. The molecule has 5 rings (SSSR count). The van der Waals surface area contributed by atoms with Crippen LogP contribution in [0.4, 0.5) is 15.8 Å². The van der Waals surface area contributed by atoms with Crippen LogP contribution in [0.3, 0.4) is 0 Å². The SMILES string of the molecule is COC(=O)[C@@H]1[C@H](c2ccc(F)cc2)N(c2ccc(C)cc2)C(=O)c2ccccc2N1S(=O)(=O)c1ccc(C)cc1. The summed E-state index contributed by atoms with van der Waals surface area (Å²) in [5.41, 5.74) is 2.69. The van der Waals surface area contributed by atoms with Crippen LogP contribution in [0.1, 0.15) is 33.1 Å². The number of para-hydroxylation sites is 1. The lowest BCUT2D eigenvalue weighted by Gasteiger charge is -2.38. The molecule has 204 valence electrons. The van der Waals surface area contributed by atoms with E-state index in [-0.39, 0.29) is 16.1 Å². The third-order valence-corrected chi connectivity index (χ3v) is 8.77. The number of hydrogen-bond acceptors (Lipinski definition) is 5. The van der Waals surface area contributed by atoms with Crippen molar-refractivity contribution < 1.29 is 27.1 Å². The van der Waals surface area contributed by atoms with Gasteiger partial charge >= 0.3 is 5.97 Å². The molecule has 1 heterocycles. The fourth-order valence-corrected chi connectivity index (χ4v) is 6.57. The van der Waals surface area contributed by atoms with Crippen LogP contribution < -0.4 is 9.21 Å². The summed E-state index contributed by atoms with van der Waals surface area (Å²) in [6.07, 6.45) is 0. The first kappa shape index (κ1) is 27.1. The molecule has 0 saturated heterocycles. The number of methoxy groups -OCH3 is 1. The van der Waals surface area contributed by atoms with Crippen LogP contribution in [0.2, 0.25) is 0 Å². The number of amides is 1. The zero-order chi connectivity index (χ0) is 28.6. The van der Waals surface area contributed by atoms with Gasteiger partial charge in [0.1, 0.15) is 5.82 Å². The first-order valence-electron chi connectivity index (χ1n) is 12.6. The van der Waals surface area contributed by atoms with E-state index in [0.717, 1.165) is 22.5 Å². The number of anilines is 2. The Morgan fingerprint density at radius 3 is 2.00 bits per heavy atom. The van der Waals surface area contributed by atoms with Gasteiger partial charge in [-0.25, -0.2) is 21.9 Å². The number of nitrogens with zero attached hydrogens (tertiary/aromatic N) is 2. The van der Waals surface area contributed by atoms with E-state index in [1.165, 1.54) is 53.4 Å². The molecular weight excluding hydrogens is 531 g/mol. The first-order chi connectivity index (χ1) is 19.1. The van der Waals surface area contributed by atoms with Crippen molar-refractivity contribution in [1.29, 1.82) is 0 Å². The number of halogens is 1. The molecule has 40 heavy (non-hydrogen) atoms. The molecule has 0 unspecified atom stereocenters. The van der Waals surface area contributed by atoms with E-state index < -0.39 is 39.8 Å². The van der Waals surface area contributed by atoms with Gasteiger partial charge in [-0.2, -0.15) is 0 Å². The minimum atomic E-state index is -4.43. The Labute approximate surface area is 232 Å². The summed E-state index contributed by atoms with van der Waals surface area (Å²) in [5.74, 6) is -1.93. The lowest BCUT2D eigenvalue weighted by molar-refractivity contribution is -0.142. The second-order valence-electron chi connectivity index (χ2n) is 9.61. The molecule has 9 heteroatoms. The zero-order valence-electron chi connectivity index (χ0n) is 22.1. The van der Waals surface area contributed by atoms with Crippen molar-refractivity contribution >= 4 is 33.3 Å². The normalized spacial score (nSPS) is 17.2. The maximum atomic E-state index is 14.4. The fourth-order valence-electron chi connectivity index (χ4n) is 4.94. The van der Waals surface area contributed by atoms with Crippen molar-refractivity contribution in [2.24, 2.45) is 0 Å². The third kappa shape index (κ3) is 4.73. The van der Waals surface area contributed by atoms with Crippen molar-refractivity contribution in [3.63, 3.8) is 0 Å². The van der Waals surface area contributed by atoms with E-state index in [2.05, 4.69) is 0 Å². The molecule has 1 aliphatic heterocycles. The van der Waals surface area contributed by atoms with E-state index in [9.17, 15) is 22.4 Å². The Balaban J connectivity index is 1.87. The Morgan fingerprint density at radius 1 is 0.825 bits per heavy atom. The van der Waals surface area contributed by atoms with E-state index in [1.807, 2.05) is 26.0 Å². The molecule has 0 N–H and O–H groups in total. The molecule has 0 saturated carbocycles. The molecule has 2 atom stereocenters. The number of carbonyl (C=O) groups is 2. The molecule has 0 aliphatic carbocycles. The number of fused-ring (bicyclic) bond motifs is 1. The number of rotatable bonds is 5. The second kappa shape index (κ2) is 10.6. The number of ether oxygens (including phenoxy) is 1. The number of aryl methyl sites for hydroxylation is 2. The summed E-state index contributed by atoms with van der Waals surface area (Å²) < 4.78 is 49.0. The molecule has 1 amide bonds. The van der Waals surface area contributed by atoms with Gasteiger partial charge in [0.25, 0.3) is 15.9 Å². The van der Waals surface area contributed by atoms with Crippen LogP contribution >= 0.6 is 0 Å². The zero-order valence-corrected chi connectivity index (χ0v) is 22.9. The van der Waals surface area contributed by atoms with Crippen LogP contribution in [0.15, 0.2) is 102 Å². The highest BCUT2D eigenvalue weighted by molar-refractivity contribution is 7.93. The third-order valence-electron chi connectivity index (χ3n) is 6.96. The summed E-state index contributed by atoms with van der Waals surface area (Å²) in [6.45, 7) is 3.73. The van der Waals surface area contributed by atoms with Crippen molar-refractivity contribution in [1.82, 2.24) is 0 Å². The maximum absolute atomic E-state index is 14.4. The highest BCUT2D eigenvalue weighted by Gasteiger charge is 2.50. The Kier molecular flexibility index (Phi) is 7.16. The Morgan fingerprint density at radius 2 is 1.40 bits per heavy atom. The average molecular weight is 559 g/mol. The standard InChI is InChI=1S/C31H27FN2O5S/c1-20-8-16-24(17-9-20)33-28(22-12-14-23(32)15-13-22)29(31(36)39-3)34(27-7-5-4-6-26(27)30(33)35)40(37,38)25-18-10-21(2)11-19-25/h4-19,28-29H,1-3H3/t28-,29-/m0/s1. The number of carbonyl (C=O) groups excluding carboxylic acids is 2. The summed E-state index contributed by atoms with van der Waals surface area (Å²) in [7, 11) is -3.26. The van der Waals surface area contributed by atoms with Gasteiger partial charge in [-0.1, -0.05) is 59.7 Å². The van der Waals surface area contributed by atoms with Gasteiger partial charge in [-0.15, -0.1) is 0 Å². The monoisotopic (exact) mass is 558 g/mol. The summed E-state index contributed by atoms with van der Waals surface area (Å²) in [5, 5.41) is 0. The van der Waals surface area contributed by atoms with Crippen LogP contribution in [0, 0.1) is 19.7 Å². The quantitative estimate of drug-likeness (QED) is 0.299. The maximum Gasteiger partial charge on any atom is 0.332 e. The molecule has 0 radical (unpaired) electrons.